The van der Waals surface area contributed by atoms with Gasteiger partial charge in [-0.1, -0.05) is 19.3 Å². The van der Waals surface area contributed by atoms with E-state index in [2.05, 4.69) is 0 Å². The highest BCUT2D eigenvalue weighted by Crippen LogP contribution is 2.24. The first-order valence-corrected chi connectivity index (χ1v) is 5.94. The first kappa shape index (κ1) is 14.1. The number of carbonyl (C=O) groups is 1. The number of urea groups is 1. The molecule has 3 nitrogen and oxygen atoms in total. The van der Waals surface area contributed by atoms with Crippen LogP contribution in [0.3, 0.4) is 0 Å². The van der Waals surface area contributed by atoms with Gasteiger partial charge in [-0.3, -0.25) is 0 Å². The number of alkyl halides is 3. The average Bonchev–Trinajstić information content (AvgIpc) is 2.26. The van der Waals surface area contributed by atoms with E-state index in [-0.39, 0.29) is 0 Å². The molecule has 0 saturated heterocycles. The van der Waals surface area contributed by atoms with Crippen molar-refractivity contribution in [3.05, 3.63) is 0 Å². The van der Waals surface area contributed by atoms with Gasteiger partial charge in [0.05, 0.1) is 0 Å². The molecule has 0 aromatic heterocycles. The molecule has 0 spiro atoms. The van der Waals surface area contributed by atoms with Crippen LogP contribution in [0.2, 0.25) is 0 Å². The number of hydrogen-bond acceptors (Lipinski definition) is 1. The van der Waals surface area contributed by atoms with Crippen molar-refractivity contribution < 1.29 is 18.0 Å². The predicted octanol–water partition coefficient (Wildman–Crippen LogP) is 2.77. The summed E-state index contributed by atoms with van der Waals surface area (Å²) in [6.45, 7) is -0.718. The normalized spacial score (nSPS) is 17.9. The molecular weight excluding hydrogens is 233 g/mol. The Balaban J connectivity index is 2.26. The van der Waals surface area contributed by atoms with E-state index in [1.54, 1.807) is 7.05 Å². The third kappa shape index (κ3) is 5.79. The van der Waals surface area contributed by atoms with E-state index in [4.69, 9.17) is 0 Å². The molecule has 0 aromatic rings. The molecule has 0 bridgehead atoms. The fraction of sp³-hybridized carbons (Fsp3) is 0.909. The van der Waals surface area contributed by atoms with Crippen LogP contribution in [0, 0.1) is 5.92 Å². The van der Waals surface area contributed by atoms with E-state index in [9.17, 15) is 18.0 Å². The second-order valence-electron chi connectivity index (χ2n) is 4.66. The minimum absolute atomic E-state index is 0.436. The van der Waals surface area contributed by atoms with E-state index < -0.39 is 18.8 Å². The maximum atomic E-state index is 11.9. The van der Waals surface area contributed by atoms with Crippen molar-refractivity contribution >= 4 is 6.03 Å². The summed E-state index contributed by atoms with van der Waals surface area (Å²) >= 11 is 0. The molecule has 0 aromatic carbocycles. The molecule has 1 aliphatic carbocycles. The number of hydrogen-bond donors (Lipinski definition) is 1. The van der Waals surface area contributed by atoms with Gasteiger partial charge in [-0.25, -0.2) is 4.79 Å². The third-order valence-electron chi connectivity index (χ3n) is 3.04. The average molecular weight is 252 g/mol. The number of nitrogens with one attached hydrogen (secondary N) is 1. The molecule has 0 aliphatic heterocycles. The Kier molecular flexibility index (Phi) is 5.08. The zero-order valence-corrected chi connectivity index (χ0v) is 10.0. The minimum atomic E-state index is -4.35. The largest absolute Gasteiger partial charge is 0.405 e. The molecule has 17 heavy (non-hydrogen) atoms. The number of carbonyl (C=O) groups excluding carboxylic acids is 1. The van der Waals surface area contributed by atoms with Crippen LogP contribution >= 0.6 is 0 Å². The SMILES string of the molecule is CN(CC1CCCCC1)C(=O)NCC(F)(F)F. The fourth-order valence-corrected chi connectivity index (χ4v) is 2.15. The Morgan fingerprint density at radius 3 is 2.41 bits per heavy atom. The Morgan fingerprint density at radius 2 is 1.88 bits per heavy atom. The molecule has 0 unspecified atom stereocenters. The molecule has 1 aliphatic rings. The second kappa shape index (κ2) is 6.12. The molecule has 1 N–H and O–H groups in total. The fourth-order valence-electron chi connectivity index (χ4n) is 2.15. The topological polar surface area (TPSA) is 32.3 Å². The smallest absolute Gasteiger partial charge is 0.329 e. The lowest BCUT2D eigenvalue weighted by Gasteiger charge is -2.27. The number of halogens is 3. The molecule has 0 atom stereocenters. The van der Waals surface area contributed by atoms with Crippen molar-refractivity contribution in [3.63, 3.8) is 0 Å². The molecule has 0 heterocycles. The van der Waals surface area contributed by atoms with Gasteiger partial charge in [0.25, 0.3) is 0 Å². The Morgan fingerprint density at radius 1 is 1.29 bits per heavy atom. The summed E-state index contributed by atoms with van der Waals surface area (Å²) in [4.78, 5) is 12.7. The highest BCUT2D eigenvalue weighted by Gasteiger charge is 2.28. The van der Waals surface area contributed by atoms with Gasteiger partial charge in [0.15, 0.2) is 0 Å². The van der Waals surface area contributed by atoms with E-state index in [1.807, 2.05) is 5.32 Å². The first-order valence-electron chi connectivity index (χ1n) is 5.94. The Bertz CT molecular complexity index is 250. The van der Waals surface area contributed by atoms with Crippen LogP contribution in [-0.2, 0) is 0 Å². The van der Waals surface area contributed by atoms with Gasteiger partial charge >= 0.3 is 12.2 Å². The van der Waals surface area contributed by atoms with Gasteiger partial charge in [-0.2, -0.15) is 13.2 Å². The molecule has 1 rings (SSSR count). The van der Waals surface area contributed by atoms with Crippen LogP contribution in [0.1, 0.15) is 32.1 Å². The third-order valence-corrected chi connectivity index (χ3v) is 3.04. The quantitative estimate of drug-likeness (QED) is 0.823. The second-order valence-corrected chi connectivity index (χ2v) is 4.66. The molecular formula is C11H19F3N2O. The highest BCUT2D eigenvalue weighted by molar-refractivity contribution is 5.73. The van der Waals surface area contributed by atoms with Crippen molar-refractivity contribution in [1.82, 2.24) is 10.2 Å². The maximum absolute atomic E-state index is 11.9. The Labute approximate surface area is 99.4 Å². The van der Waals surface area contributed by atoms with Gasteiger partial charge in [0, 0.05) is 13.6 Å². The van der Waals surface area contributed by atoms with E-state index in [1.165, 1.54) is 11.3 Å². The number of nitrogens with zero attached hydrogens (tertiary/aromatic N) is 1. The molecule has 1 fully saturated rings. The van der Waals surface area contributed by atoms with Crippen molar-refractivity contribution in [2.24, 2.45) is 5.92 Å². The summed E-state index contributed by atoms with van der Waals surface area (Å²) in [5.74, 6) is 0.436. The summed E-state index contributed by atoms with van der Waals surface area (Å²) in [6, 6.07) is -0.645. The summed E-state index contributed by atoms with van der Waals surface area (Å²) in [6.07, 6.45) is 1.32. The number of rotatable bonds is 3. The van der Waals surface area contributed by atoms with Gasteiger partial charge in [-0.15, -0.1) is 0 Å². The van der Waals surface area contributed by atoms with Crippen LogP contribution in [0.4, 0.5) is 18.0 Å². The lowest BCUT2D eigenvalue weighted by atomic mass is 9.89. The minimum Gasteiger partial charge on any atom is -0.329 e. The van der Waals surface area contributed by atoms with Crippen LogP contribution < -0.4 is 5.32 Å². The first-order chi connectivity index (χ1) is 7.88. The van der Waals surface area contributed by atoms with E-state index >= 15 is 0 Å². The van der Waals surface area contributed by atoms with Crippen molar-refractivity contribution in [2.45, 2.75) is 38.3 Å². The van der Waals surface area contributed by atoms with Gasteiger partial charge in [-0.05, 0) is 18.8 Å². The zero-order valence-electron chi connectivity index (χ0n) is 10.0. The predicted molar refractivity (Wildman–Crippen MR) is 58.7 cm³/mol. The molecule has 100 valence electrons. The Hall–Kier alpha value is -0.940. The molecule has 2 amide bonds. The molecule has 6 heteroatoms. The monoisotopic (exact) mass is 252 g/mol. The lowest BCUT2D eigenvalue weighted by Crippen LogP contribution is -2.43. The van der Waals surface area contributed by atoms with Gasteiger partial charge in [0.1, 0.15) is 6.54 Å². The summed E-state index contributed by atoms with van der Waals surface area (Å²) in [5.41, 5.74) is 0. The molecule has 1 saturated carbocycles. The maximum Gasteiger partial charge on any atom is 0.405 e. The van der Waals surface area contributed by atoms with Gasteiger partial charge in [0.2, 0.25) is 0 Å². The van der Waals surface area contributed by atoms with Crippen molar-refractivity contribution in [2.75, 3.05) is 20.1 Å². The van der Waals surface area contributed by atoms with Crippen molar-refractivity contribution in [3.8, 4) is 0 Å². The zero-order chi connectivity index (χ0) is 12.9. The summed E-state index contributed by atoms with van der Waals surface area (Å²) in [7, 11) is 1.54. The number of amides is 2. The van der Waals surface area contributed by atoms with Crippen LogP contribution in [0.25, 0.3) is 0 Å². The van der Waals surface area contributed by atoms with E-state index in [0.29, 0.717) is 12.5 Å². The summed E-state index contributed by atoms with van der Waals surface area (Å²) < 4.78 is 35.7. The lowest BCUT2D eigenvalue weighted by molar-refractivity contribution is -0.123. The van der Waals surface area contributed by atoms with Crippen LogP contribution in [0.15, 0.2) is 0 Å². The molecule has 0 radical (unpaired) electrons. The highest BCUT2D eigenvalue weighted by atomic mass is 19.4. The van der Waals surface area contributed by atoms with Crippen molar-refractivity contribution in [1.29, 1.82) is 0 Å². The summed E-state index contributed by atoms with van der Waals surface area (Å²) in [5, 5.41) is 1.87. The van der Waals surface area contributed by atoms with Crippen LogP contribution in [-0.4, -0.2) is 37.2 Å². The van der Waals surface area contributed by atoms with Gasteiger partial charge < -0.3 is 10.2 Å². The van der Waals surface area contributed by atoms with E-state index in [0.717, 1.165) is 25.7 Å². The standard InChI is InChI=1S/C11H19F3N2O/c1-16(7-9-5-3-2-4-6-9)10(17)15-8-11(12,13)14/h9H,2-8H2,1H3,(H,15,17). The van der Waals surface area contributed by atoms with Crippen LogP contribution in [0.5, 0.6) is 0 Å².